The van der Waals surface area contributed by atoms with Crippen molar-refractivity contribution in [2.75, 3.05) is 51.0 Å². The lowest BCUT2D eigenvalue weighted by atomic mass is 10.0. The first kappa shape index (κ1) is 27.1. The monoisotopic (exact) mass is 564 g/mol. The fourth-order valence-corrected chi connectivity index (χ4v) is 5.82. The normalized spacial score (nSPS) is 19.5. The van der Waals surface area contributed by atoms with Crippen LogP contribution in [0.4, 0.5) is 14.5 Å². The zero-order valence-electron chi connectivity index (χ0n) is 21.8. The molecule has 2 fully saturated rings. The molecule has 0 aliphatic carbocycles. The number of ether oxygens (including phenoxy) is 2. The van der Waals surface area contributed by atoms with Gasteiger partial charge in [-0.3, -0.25) is 9.36 Å². The summed E-state index contributed by atoms with van der Waals surface area (Å²) in [5.74, 6) is 0.368. The topological polar surface area (TPSA) is 119 Å². The first-order chi connectivity index (χ1) is 18.5. The number of sulfonamides is 1. The minimum absolute atomic E-state index is 0.00656. The molecule has 2 saturated heterocycles. The van der Waals surface area contributed by atoms with Crippen LogP contribution in [0.25, 0.3) is 22.3 Å². The van der Waals surface area contributed by atoms with Crippen LogP contribution in [0.1, 0.15) is 19.9 Å². The number of piperazine rings is 1. The Morgan fingerprint density at radius 2 is 1.90 bits per heavy atom. The van der Waals surface area contributed by atoms with Crippen molar-refractivity contribution in [1.82, 2.24) is 24.2 Å². The van der Waals surface area contributed by atoms with Gasteiger partial charge in [-0.15, -0.1) is 0 Å². The molecule has 5 rings (SSSR count). The second-order valence-corrected chi connectivity index (χ2v) is 11.7. The second-order valence-electron chi connectivity index (χ2n) is 9.74. The number of nitrogens with zero attached hydrogens (tertiary/aromatic N) is 5. The minimum atomic E-state index is -3.25. The van der Waals surface area contributed by atoms with Gasteiger partial charge in [-0.2, -0.15) is 13.1 Å². The quantitative estimate of drug-likeness (QED) is 0.444. The molecule has 2 atom stereocenters. The highest BCUT2D eigenvalue weighted by molar-refractivity contribution is 7.88. The van der Waals surface area contributed by atoms with Crippen molar-refractivity contribution >= 4 is 32.7 Å². The third-order valence-corrected chi connectivity index (χ3v) is 8.53. The van der Waals surface area contributed by atoms with Crippen molar-refractivity contribution < 1.29 is 31.5 Å². The lowest BCUT2D eigenvalue weighted by Gasteiger charge is -2.35. The molecule has 2 unspecified atom stereocenters. The van der Waals surface area contributed by atoms with Gasteiger partial charge >= 0.3 is 6.55 Å². The van der Waals surface area contributed by atoms with Crippen LogP contribution in [0.2, 0.25) is 0 Å². The van der Waals surface area contributed by atoms with Gasteiger partial charge in [0.05, 0.1) is 30.3 Å². The van der Waals surface area contributed by atoms with Crippen LogP contribution in [0.3, 0.4) is 0 Å². The summed E-state index contributed by atoms with van der Waals surface area (Å²) in [5, 5.41) is 2.76. The number of imidazole rings is 1. The van der Waals surface area contributed by atoms with Crippen LogP contribution >= 0.6 is 0 Å². The molecule has 1 N–H and O–H groups in total. The van der Waals surface area contributed by atoms with Crippen LogP contribution in [0.15, 0.2) is 30.6 Å². The number of benzene rings is 1. The maximum atomic E-state index is 13.8. The van der Waals surface area contributed by atoms with Crippen molar-refractivity contribution in [3.05, 3.63) is 30.6 Å². The number of rotatable bonds is 8. The van der Waals surface area contributed by atoms with Gasteiger partial charge in [-0.05, 0) is 25.1 Å². The molecule has 0 spiro atoms. The number of halogens is 2. The Bertz CT molecular complexity index is 1490. The van der Waals surface area contributed by atoms with E-state index in [1.807, 2.05) is 12.1 Å². The molecule has 210 valence electrons. The van der Waals surface area contributed by atoms with Crippen LogP contribution in [0, 0.1) is 5.92 Å². The van der Waals surface area contributed by atoms with Gasteiger partial charge in [0.2, 0.25) is 21.8 Å². The molecule has 0 saturated carbocycles. The largest absolute Gasteiger partial charge is 0.495 e. The summed E-state index contributed by atoms with van der Waals surface area (Å²) < 4.78 is 65.2. The predicted octanol–water partition coefficient (Wildman–Crippen LogP) is 2.49. The number of methoxy groups -OCH3 is 1. The number of nitrogens with one attached hydrogen (secondary N) is 1. The Morgan fingerprint density at radius 1 is 1.15 bits per heavy atom. The van der Waals surface area contributed by atoms with Crippen molar-refractivity contribution in [2.45, 2.75) is 26.0 Å². The molecule has 4 heterocycles. The molecule has 0 bridgehead atoms. The number of carbonyl (C=O) groups is 1. The van der Waals surface area contributed by atoms with E-state index in [1.54, 1.807) is 26.2 Å². The van der Waals surface area contributed by atoms with E-state index in [2.05, 4.69) is 20.2 Å². The van der Waals surface area contributed by atoms with Gasteiger partial charge in [-0.25, -0.2) is 18.4 Å². The second kappa shape index (κ2) is 10.6. The standard InChI is InChI=1S/C25H30F2N6O5S/c1-15(17-11-22(34)28-13-17)38-24-23-19(29-14-33(23)25(26)27)12-18(30-24)16-4-5-20(21(10-16)37-2)31-6-8-32(9-7-31)39(3,35)36/h4-5,10,12,14-15,17,25H,6-9,11,13H2,1-3H3,(H,28,34). The zero-order valence-corrected chi connectivity index (χ0v) is 22.6. The van der Waals surface area contributed by atoms with E-state index in [0.29, 0.717) is 59.8 Å². The molecule has 2 aliphatic rings. The maximum absolute atomic E-state index is 13.8. The third-order valence-electron chi connectivity index (χ3n) is 7.22. The predicted molar refractivity (Wildman–Crippen MR) is 141 cm³/mol. The van der Waals surface area contributed by atoms with E-state index in [0.717, 1.165) is 12.0 Å². The Balaban J connectivity index is 1.47. The molecule has 0 radical (unpaired) electrons. The van der Waals surface area contributed by atoms with E-state index >= 15 is 0 Å². The number of alkyl halides is 2. The molecule has 11 nitrogen and oxygen atoms in total. The number of hydrogen-bond acceptors (Lipinski definition) is 8. The van der Waals surface area contributed by atoms with Crippen LogP contribution in [0.5, 0.6) is 11.6 Å². The fraction of sp³-hybridized carbons (Fsp3) is 0.480. The van der Waals surface area contributed by atoms with Crippen molar-refractivity contribution in [3.63, 3.8) is 0 Å². The third kappa shape index (κ3) is 5.48. The van der Waals surface area contributed by atoms with Crippen molar-refractivity contribution in [1.29, 1.82) is 0 Å². The molecule has 3 aromatic rings. The number of carbonyl (C=O) groups excluding carboxylic acids is 1. The molecule has 1 aromatic carbocycles. The summed E-state index contributed by atoms with van der Waals surface area (Å²) in [4.78, 5) is 22.5. The Hall–Kier alpha value is -3.52. The summed E-state index contributed by atoms with van der Waals surface area (Å²) >= 11 is 0. The van der Waals surface area contributed by atoms with Crippen LogP contribution in [-0.4, -0.2) is 85.4 Å². The average Bonchev–Trinajstić information content (AvgIpc) is 3.54. The van der Waals surface area contributed by atoms with Gasteiger partial charge in [-0.1, -0.05) is 6.07 Å². The fourth-order valence-electron chi connectivity index (χ4n) is 4.99. The van der Waals surface area contributed by atoms with Gasteiger partial charge < -0.3 is 19.7 Å². The average molecular weight is 565 g/mol. The summed E-state index contributed by atoms with van der Waals surface area (Å²) in [5.41, 5.74) is 2.29. The molecule has 39 heavy (non-hydrogen) atoms. The molecular weight excluding hydrogens is 534 g/mol. The molecular formula is C25H30F2N6O5S. The van der Waals surface area contributed by atoms with Gasteiger partial charge in [0, 0.05) is 50.6 Å². The van der Waals surface area contributed by atoms with E-state index in [1.165, 1.54) is 10.6 Å². The van der Waals surface area contributed by atoms with E-state index < -0.39 is 22.7 Å². The Kier molecular flexibility index (Phi) is 7.33. The number of amides is 1. The molecule has 1 amide bonds. The van der Waals surface area contributed by atoms with E-state index in [-0.39, 0.29) is 29.6 Å². The Morgan fingerprint density at radius 3 is 2.51 bits per heavy atom. The zero-order chi connectivity index (χ0) is 27.9. The SMILES string of the molecule is COc1cc(-c2cc3ncn(C(F)F)c3c(OC(C)C3CNC(=O)C3)n2)ccc1N1CCN(S(C)(=O)=O)CC1. The van der Waals surface area contributed by atoms with E-state index in [9.17, 15) is 22.0 Å². The Labute approximate surface area is 224 Å². The highest BCUT2D eigenvalue weighted by Crippen LogP contribution is 2.37. The molecule has 14 heteroatoms. The summed E-state index contributed by atoms with van der Waals surface area (Å²) in [6.07, 6.45) is 2.08. The molecule has 2 aromatic heterocycles. The highest BCUT2D eigenvalue weighted by Gasteiger charge is 2.30. The van der Waals surface area contributed by atoms with Crippen LogP contribution in [-0.2, 0) is 14.8 Å². The van der Waals surface area contributed by atoms with Crippen molar-refractivity contribution in [2.24, 2.45) is 5.92 Å². The van der Waals surface area contributed by atoms with Gasteiger partial charge in [0.1, 0.15) is 23.7 Å². The summed E-state index contributed by atoms with van der Waals surface area (Å²) in [6, 6.07) is 7.12. The maximum Gasteiger partial charge on any atom is 0.320 e. The number of fused-ring (bicyclic) bond motifs is 1. The first-order valence-corrected chi connectivity index (χ1v) is 14.4. The molecule has 2 aliphatic heterocycles. The number of hydrogen-bond donors (Lipinski definition) is 1. The lowest BCUT2D eigenvalue weighted by Crippen LogP contribution is -2.48. The van der Waals surface area contributed by atoms with Gasteiger partial charge in [0.15, 0.2) is 0 Å². The number of anilines is 1. The minimum Gasteiger partial charge on any atom is -0.495 e. The van der Waals surface area contributed by atoms with Crippen molar-refractivity contribution in [3.8, 4) is 22.9 Å². The summed E-state index contributed by atoms with van der Waals surface area (Å²) in [6.45, 7) is 1.14. The highest BCUT2D eigenvalue weighted by atomic mass is 32.2. The summed E-state index contributed by atoms with van der Waals surface area (Å²) in [7, 11) is -1.71. The first-order valence-electron chi connectivity index (χ1n) is 12.5. The number of aromatic nitrogens is 3. The lowest BCUT2D eigenvalue weighted by molar-refractivity contribution is -0.119. The van der Waals surface area contributed by atoms with E-state index in [4.69, 9.17) is 9.47 Å². The van der Waals surface area contributed by atoms with Crippen LogP contribution < -0.4 is 19.7 Å². The number of pyridine rings is 1. The van der Waals surface area contributed by atoms with Gasteiger partial charge in [0.25, 0.3) is 0 Å². The smallest absolute Gasteiger partial charge is 0.320 e.